The summed E-state index contributed by atoms with van der Waals surface area (Å²) in [5.74, 6) is -2.01. The van der Waals surface area contributed by atoms with Gasteiger partial charge in [-0.2, -0.15) is 0 Å². The normalized spacial score (nSPS) is 23.0. The van der Waals surface area contributed by atoms with Gasteiger partial charge >= 0.3 is 5.97 Å². The van der Waals surface area contributed by atoms with Crippen molar-refractivity contribution in [2.75, 3.05) is 12.4 Å². The van der Waals surface area contributed by atoms with Crippen LogP contribution in [0.4, 0.5) is 4.39 Å². The Morgan fingerprint density at radius 2 is 1.91 bits per heavy atom. The quantitative estimate of drug-likeness (QED) is 0.202. The van der Waals surface area contributed by atoms with Crippen molar-refractivity contribution in [3.8, 4) is 0 Å². The fourth-order valence-corrected chi connectivity index (χ4v) is 8.41. The minimum atomic E-state index is -3.70. The number of hydrogen-bond donors (Lipinski definition) is 0. The lowest BCUT2D eigenvalue weighted by Gasteiger charge is -2.52. The third kappa shape index (κ3) is 7.13. The van der Waals surface area contributed by atoms with Gasteiger partial charge in [0.1, 0.15) is 16.8 Å². The van der Waals surface area contributed by atoms with Crippen molar-refractivity contribution in [3.05, 3.63) is 85.5 Å². The Bertz CT molecular complexity index is 1740. The van der Waals surface area contributed by atoms with E-state index in [4.69, 9.17) is 32.7 Å². The summed E-state index contributed by atoms with van der Waals surface area (Å²) >= 11 is 13.6. The highest BCUT2D eigenvalue weighted by molar-refractivity contribution is 7.92. The largest absolute Gasteiger partial charge is 0.462 e. The number of amides is 1. The first kappa shape index (κ1) is 34.8. The predicted octanol–water partition coefficient (Wildman–Crippen LogP) is 7.40. The second-order valence-electron chi connectivity index (χ2n) is 13.0. The van der Waals surface area contributed by atoms with E-state index >= 15 is 4.39 Å². The summed E-state index contributed by atoms with van der Waals surface area (Å²) in [4.78, 5) is 33.6. The van der Waals surface area contributed by atoms with Crippen LogP contribution in [-0.4, -0.2) is 58.9 Å². The second kappa shape index (κ2) is 13.1. The first-order valence-electron chi connectivity index (χ1n) is 15.1. The molecule has 3 aromatic rings. The van der Waals surface area contributed by atoms with Gasteiger partial charge in [-0.3, -0.25) is 4.79 Å². The van der Waals surface area contributed by atoms with Crippen LogP contribution in [0.25, 0.3) is 0 Å². The van der Waals surface area contributed by atoms with E-state index in [0.29, 0.717) is 21.2 Å². The maximum absolute atomic E-state index is 15.1. The monoisotopic (exact) mass is 710 g/mol. The van der Waals surface area contributed by atoms with Crippen molar-refractivity contribution < 1.29 is 31.9 Å². The lowest BCUT2D eigenvalue weighted by atomic mass is 9.85. The molecule has 0 spiro atoms. The number of halogens is 3. The number of nitrogens with zero attached hydrogens (tertiary/aromatic N) is 2. The minimum Gasteiger partial charge on any atom is -0.462 e. The molecule has 1 aromatic heterocycles. The Morgan fingerprint density at radius 3 is 2.52 bits per heavy atom. The molecule has 1 saturated heterocycles. The number of benzene rings is 2. The van der Waals surface area contributed by atoms with E-state index in [1.54, 1.807) is 63.8 Å². The van der Waals surface area contributed by atoms with Gasteiger partial charge in [-0.15, -0.1) is 11.3 Å². The number of carbonyl (C=O) groups is 2. The van der Waals surface area contributed by atoms with Crippen LogP contribution in [0, 0.1) is 11.7 Å². The Balaban J connectivity index is 1.68. The summed E-state index contributed by atoms with van der Waals surface area (Å²) in [5, 5.41) is 0.808. The third-order valence-corrected chi connectivity index (χ3v) is 12.7. The van der Waals surface area contributed by atoms with Crippen LogP contribution in [0.2, 0.25) is 10.0 Å². The standard InChI is InChI=1S/C33H37Cl2FN2O6S2/c1-6-43-30(39)26-17-37-27(45-26)16-33(5)31(40)38(25(19-10-11-19)18-46(41,42)32(2,3)4)28(20-12-13-23(35)24(36)15-20)29(44-33)21-8-7-9-22(34)14-21/h7-9,12-15,17,19,25,28-29H,6,10-11,16,18H2,1-5H3/t25-,28-,29-,33+/m1/s1. The van der Waals surface area contributed by atoms with E-state index in [1.165, 1.54) is 18.3 Å². The van der Waals surface area contributed by atoms with Gasteiger partial charge < -0.3 is 14.4 Å². The number of aromatic nitrogens is 1. The first-order chi connectivity index (χ1) is 21.5. The van der Waals surface area contributed by atoms with E-state index in [0.717, 1.165) is 24.2 Å². The molecule has 2 heterocycles. The van der Waals surface area contributed by atoms with Crippen LogP contribution in [0.15, 0.2) is 48.7 Å². The van der Waals surface area contributed by atoms with Crippen molar-refractivity contribution in [1.29, 1.82) is 0 Å². The third-order valence-electron chi connectivity index (χ3n) is 8.49. The molecule has 0 N–H and O–H groups in total. The number of ether oxygens (including phenoxy) is 2. The van der Waals surface area contributed by atoms with E-state index in [1.807, 2.05) is 6.07 Å². The Hall–Kier alpha value is -2.57. The van der Waals surface area contributed by atoms with Crippen molar-refractivity contribution >= 4 is 56.3 Å². The number of hydrogen-bond acceptors (Lipinski definition) is 8. The number of esters is 1. The lowest BCUT2D eigenvalue weighted by Crippen LogP contribution is -2.62. The molecule has 0 radical (unpaired) electrons. The average Bonchev–Trinajstić information content (AvgIpc) is 3.72. The SMILES string of the molecule is CCOC(=O)c1cnc(C[C@]2(C)O[C@H](c3cccc(Cl)c3)[C@@H](c3ccc(Cl)c(F)c3)N([C@H](CS(=O)(=O)C(C)(C)C)C3CC3)C2=O)s1. The van der Waals surface area contributed by atoms with E-state index in [9.17, 15) is 18.0 Å². The molecule has 0 unspecified atom stereocenters. The molecule has 1 saturated carbocycles. The highest BCUT2D eigenvalue weighted by atomic mass is 35.5. The van der Waals surface area contributed by atoms with E-state index < -0.39 is 56.1 Å². The smallest absolute Gasteiger partial charge is 0.349 e. The summed E-state index contributed by atoms with van der Waals surface area (Å²) < 4.78 is 53.4. The molecule has 1 aliphatic carbocycles. The first-order valence-corrected chi connectivity index (χ1v) is 18.3. The maximum Gasteiger partial charge on any atom is 0.349 e. The van der Waals surface area contributed by atoms with Crippen LogP contribution in [0.3, 0.4) is 0 Å². The van der Waals surface area contributed by atoms with Gasteiger partial charge in [-0.1, -0.05) is 41.4 Å². The number of carbonyl (C=O) groups excluding carboxylic acids is 2. The molecule has 2 fully saturated rings. The highest BCUT2D eigenvalue weighted by Crippen LogP contribution is 2.51. The Kier molecular flexibility index (Phi) is 9.93. The van der Waals surface area contributed by atoms with Gasteiger partial charge in [-0.25, -0.2) is 22.6 Å². The van der Waals surface area contributed by atoms with Crippen LogP contribution in [0.1, 0.15) is 85.4 Å². The van der Waals surface area contributed by atoms with Gasteiger partial charge in [0.05, 0.1) is 39.4 Å². The molecule has 1 aliphatic heterocycles. The molecule has 0 bridgehead atoms. The molecule has 2 aromatic carbocycles. The number of morpholine rings is 1. The summed E-state index contributed by atoms with van der Waals surface area (Å²) in [7, 11) is -3.70. The number of sulfone groups is 1. The molecule has 248 valence electrons. The molecule has 1 amide bonds. The number of rotatable bonds is 10. The lowest BCUT2D eigenvalue weighted by molar-refractivity contribution is -0.202. The molecule has 46 heavy (non-hydrogen) atoms. The molecular weight excluding hydrogens is 674 g/mol. The zero-order valence-electron chi connectivity index (χ0n) is 26.3. The van der Waals surface area contributed by atoms with Crippen LogP contribution < -0.4 is 0 Å². The van der Waals surface area contributed by atoms with Crippen molar-refractivity contribution in [2.24, 2.45) is 5.92 Å². The Morgan fingerprint density at radius 1 is 1.20 bits per heavy atom. The highest BCUT2D eigenvalue weighted by Gasteiger charge is 2.56. The molecule has 13 heteroatoms. The molecule has 2 aliphatic rings. The van der Waals surface area contributed by atoms with Gasteiger partial charge in [0.25, 0.3) is 5.91 Å². The van der Waals surface area contributed by atoms with E-state index in [2.05, 4.69) is 4.98 Å². The number of thiazole rings is 1. The zero-order chi connectivity index (χ0) is 33.6. The van der Waals surface area contributed by atoms with Crippen LogP contribution in [-0.2, 0) is 30.5 Å². The van der Waals surface area contributed by atoms with Crippen molar-refractivity contribution in [3.63, 3.8) is 0 Å². The van der Waals surface area contributed by atoms with Crippen molar-refractivity contribution in [1.82, 2.24) is 9.88 Å². The van der Waals surface area contributed by atoms with Crippen LogP contribution >= 0.6 is 34.5 Å². The molecule has 5 rings (SSSR count). The van der Waals surface area contributed by atoms with E-state index in [-0.39, 0.29) is 34.6 Å². The topological polar surface area (TPSA) is 103 Å². The summed E-state index contributed by atoms with van der Waals surface area (Å²) in [6.07, 6.45) is 2.00. The van der Waals surface area contributed by atoms with Gasteiger partial charge in [0, 0.05) is 17.5 Å². The molecule has 4 atom stereocenters. The van der Waals surface area contributed by atoms with Crippen LogP contribution in [0.5, 0.6) is 0 Å². The second-order valence-corrected chi connectivity index (χ2v) is 17.7. The summed E-state index contributed by atoms with van der Waals surface area (Å²) in [5.41, 5.74) is -0.521. The van der Waals surface area contributed by atoms with Gasteiger partial charge in [0.15, 0.2) is 15.4 Å². The fraction of sp³-hybridized carbons (Fsp3) is 0.485. The summed E-state index contributed by atoms with van der Waals surface area (Å²) in [6.45, 7) is 8.48. The average molecular weight is 712 g/mol. The Labute approximate surface area is 283 Å². The van der Waals surface area contributed by atoms with Crippen molar-refractivity contribution in [2.45, 2.75) is 82.4 Å². The predicted molar refractivity (Wildman–Crippen MR) is 177 cm³/mol. The van der Waals surface area contributed by atoms with Gasteiger partial charge in [0.2, 0.25) is 0 Å². The fourth-order valence-electron chi connectivity index (χ4n) is 5.76. The van der Waals surface area contributed by atoms with Gasteiger partial charge in [-0.05, 0) is 88.8 Å². The maximum atomic E-state index is 15.1. The molecular formula is C33H37Cl2FN2O6S2. The molecule has 8 nitrogen and oxygen atoms in total. The minimum absolute atomic E-state index is 0.00538. The zero-order valence-corrected chi connectivity index (χ0v) is 29.4. The summed E-state index contributed by atoms with van der Waals surface area (Å²) in [6, 6.07) is 9.68.